The molecule has 0 aliphatic carbocycles. The van der Waals surface area contributed by atoms with Gasteiger partial charge in [0.25, 0.3) is 5.91 Å². The second-order valence-electron chi connectivity index (χ2n) is 5.95. The van der Waals surface area contributed by atoms with Crippen molar-refractivity contribution < 1.29 is 9.36 Å². The number of carbonyl (C=O) groups is 1. The molecule has 0 saturated heterocycles. The van der Waals surface area contributed by atoms with E-state index in [9.17, 15) is 4.79 Å². The van der Waals surface area contributed by atoms with Crippen molar-refractivity contribution >= 4 is 11.6 Å². The first-order chi connectivity index (χ1) is 10.5. The van der Waals surface area contributed by atoms with E-state index in [0.29, 0.717) is 6.54 Å². The molecule has 22 heavy (non-hydrogen) atoms. The number of hydrogen-bond acceptors (Lipinski definition) is 1. The molecule has 0 unspecified atom stereocenters. The average molecular weight is 297 g/mol. The van der Waals surface area contributed by atoms with Crippen LogP contribution in [0.3, 0.4) is 0 Å². The summed E-state index contributed by atoms with van der Waals surface area (Å²) in [7, 11) is 0. The monoisotopic (exact) mass is 297 g/mol. The van der Waals surface area contributed by atoms with Crippen molar-refractivity contribution in [1.29, 1.82) is 0 Å². The molecule has 3 nitrogen and oxygen atoms in total. The van der Waals surface area contributed by atoms with Gasteiger partial charge in [-0.2, -0.15) is 4.57 Å². The summed E-state index contributed by atoms with van der Waals surface area (Å²) in [5.74, 6) is 0.00305. The second kappa shape index (κ2) is 7.21. The summed E-state index contributed by atoms with van der Waals surface area (Å²) in [6, 6.07) is 8.35. The van der Waals surface area contributed by atoms with Crippen LogP contribution in [0.5, 0.6) is 0 Å². The molecule has 0 spiro atoms. The Kier molecular flexibility index (Phi) is 5.31. The summed E-state index contributed by atoms with van der Waals surface area (Å²) < 4.78 is 1.91. The Bertz CT molecular complexity index is 637. The Morgan fingerprint density at radius 1 is 1.09 bits per heavy atom. The van der Waals surface area contributed by atoms with Gasteiger partial charge in [0.1, 0.15) is 0 Å². The minimum atomic E-state index is 0.00305. The highest BCUT2D eigenvalue weighted by Gasteiger charge is 2.12. The number of amides is 1. The third-order valence-corrected chi connectivity index (χ3v) is 3.77. The highest BCUT2D eigenvalue weighted by molar-refractivity contribution is 5.91. The summed E-state index contributed by atoms with van der Waals surface area (Å²) in [6.07, 6.45) is 6.16. The third kappa shape index (κ3) is 4.17. The van der Waals surface area contributed by atoms with E-state index in [1.165, 1.54) is 11.1 Å². The lowest BCUT2D eigenvalue weighted by Gasteiger charge is -2.11. The van der Waals surface area contributed by atoms with Crippen molar-refractivity contribution in [2.45, 2.75) is 47.1 Å². The largest absolute Gasteiger partial charge is 0.320 e. The smallest absolute Gasteiger partial charge is 0.290 e. The first-order valence-corrected chi connectivity index (χ1v) is 7.85. The number of hydrogen-bond donors (Lipinski definition) is 1. The Morgan fingerprint density at radius 3 is 2.23 bits per heavy atom. The zero-order valence-corrected chi connectivity index (χ0v) is 13.9. The van der Waals surface area contributed by atoms with Crippen LogP contribution in [0.25, 0.3) is 0 Å². The van der Waals surface area contributed by atoms with Crippen LogP contribution in [-0.2, 0) is 17.8 Å². The average Bonchev–Trinajstić information content (AvgIpc) is 2.45. The summed E-state index contributed by atoms with van der Waals surface area (Å²) in [5.41, 5.74) is 5.67. The van der Waals surface area contributed by atoms with Gasteiger partial charge in [-0.05, 0) is 43.9 Å². The molecule has 1 aromatic heterocycles. The minimum absolute atomic E-state index is 0.00305. The van der Waals surface area contributed by atoms with Crippen LogP contribution < -0.4 is 9.88 Å². The van der Waals surface area contributed by atoms with Crippen LogP contribution in [-0.4, -0.2) is 5.91 Å². The van der Waals surface area contributed by atoms with Gasteiger partial charge in [-0.25, -0.2) is 0 Å². The van der Waals surface area contributed by atoms with E-state index in [1.807, 2.05) is 30.8 Å². The number of carbonyl (C=O) groups excluding carboxylic acids is 1. The third-order valence-electron chi connectivity index (χ3n) is 3.77. The van der Waals surface area contributed by atoms with Gasteiger partial charge in [-0.3, -0.25) is 4.79 Å². The Balaban J connectivity index is 2.04. The van der Waals surface area contributed by atoms with Gasteiger partial charge in [0.2, 0.25) is 6.54 Å². The first kappa shape index (κ1) is 16.2. The van der Waals surface area contributed by atoms with Crippen molar-refractivity contribution in [2.75, 3.05) is 5.32 Å². The number of rotatable bonds is 5. The molecule has 2 rings (SSSR count). The molecule has 2 aromatic rings. The molecule has 1 amide bonds. The molecule has 0 radical (unpaired) electrons. The van der Waals surface area contributed by atoms with Crippen molar-refractivity contribution in [3.63, 3.8) is 0 Å². The van der Waals surface area contributed by atoms with E-state index >= 15 is 0 Å². The summed E-state index contributed by atoms with van der Waals surface area (Å²) in [6.45, 7) is 8.63. The fourth-order valence-corrected chi connectivity index (χ4v) is 2.77. The van der Waals surface area contributed by atoms with Crippen molar-refractivity contribution in [2.24, 2.45) is 0 Å². The van der Waals surface area contributed by atoms with Gasteiger partial charge >= 0.3 is 0 Å². The number of nitrogens with zero attached hydrogens (tertiary/aromatic N) is 1. The van der Waals surface area contributed by atoms with Gasteiger partial charge in [-0.15, -0.1) is 0 Å². The molecular weight excluding hydrogens is 272 g/mol. The maximum atomic E-state index is 12.2. The van der Waals surface area contributed by atoms with E-state index in [4.69, 9.17) is 0 Å². The standard InChI is InChI=1S/C19H24N2O/c1-5-6-17-7-9-21(10-8-17)13-18(22)20-19-15(3)11-14(2)12-16(19)4/h7-12H,5-6,13H2,1-4H3/p+1. The van der Waals surface area contributed by atoms with Crippen LogP contribution in [0, 0.1) is 20.8 Å². The lowest BCUT2D eigenvalue weighted by atomic mass is 10.1. The van der Waals surface area contributed by atoms with Crippen LogP contribution >= 0.6 is 0 Å². The minimum Gasteiger partial charge on any atom is -0.320 e. The molecule has 0 aliphatic rings. The molecule has 0 aliphatic heterocycles. The highest BCUT2D eigenvalue weighted by Crippen LogP contribution is 2.21. The zero-order chi connectivity index (χ0) is 16.1. The van der Waals surface area contributed by atoms with Gasteiger partial charge in [0, 0.05) is 17.8 Å². The van der Waals surface area contributed by atoms with E-state index in [2.05, 4.69) is 43.4 Å². The van der Waals surface area contributed by atoms with E-state index < -0.39 is 0 Å². The fraction of sp³-hybridized carbons (Fsp3) is 0.368. The summed E-state index contributed by atoms with van der Waals surface area (Å²) in [5, 5.41) is 3.03. The van der Waals surface area contributed by atoms with Crippen LogP contribution in [0.1, 0.15) is 35.6 Å². The number of benzene rings is 1. The molecule has 1 N–H and O–H groups in total. The molecule has 0 fully saturated rings. The zero-order valence-electron chi connectivity index (χ0n) is 13.9. The van der Waals surface area contributed by atoms with Gasteiger partial charge in [0.05, 0.1) is 0 Å². The lowest BCUT2D eigenvalue weighted by molar-refractivity contribution is -0.684. The molecule has 0 atom stereocenters. The van der Waals surface area contributed by atoms with E-state index in [-0.39, 0.29) is 5.91 Å². The second-order valence-corrected chi connectivity index (χ2v) is 5.95. The predicted molar refractivity (Wildman–Crippen MR) is 89.9 cm³/mol. The molecule has 0 saturated carbocycles. The van der Waals surface area contributed by atoms with Crippen LogP contribution in [0.2, 0.25) is 0 Å². The number of aromatic nitrogens is 1. The highest BCUT2D eigenvalue weighted by atomic mass is 16.1. The molecule has 0 bridgehead atoms. The Labute approximate surface area is 133 Å². The molecule has 1 heterocycles. The number of aryl methyl sites for hydroxylation is 4. The number of anilines is 1. The number of pyridine rings is 1. The van der Waals surface area contributed by atoms with Crippen molar-refractivity contribution in [3.05, 3.63) is 58.9 Å². The fourth-order valence-electron chi connectivity index (χ4n) is 2.77. The van der Waals surface area contributed by atoms with Gasteiger partial charge < -0.3 is 5.32 Å². The SMILES string of the molecule is CCCc1cc[n+](CC(=O)Nc2c(C)cc(C)cc2C)cc1. The summed E-state index contributed by atoms with van der Waals surface area (Å²) in [4.78, 5) is 12.2. The molecule has 3 heteroatoms. The van der Waals surface area contributed by atoms with E-state index in [0.717, 1.165) is 29.7 Å². The topological polar surface area (TPSA) is 33.0 Å². The maximum absolute atomic E-state index is 12.2. The van der Waals surface area contributed by atoms with Crippen molar-refractivity contribution in [1.82, 2.24) is 0 Å². The van der Waals surface area contributed by atoms with E-state index in [1.54, 1.807) is 0 Å². The van der Waals surface area contributed by atoms with Crippen LogP contribution in [0.15, 0.2) is 36.7 Å². The maximum Gasteiger partial charge on any atom is 0.290 e. The molecule has 116 valence electrons. The van der Waals surface area contributed by atoms with Crippen LogP contribution in [0.4, 0.5) is 5.69 Å². The summed E-state index contributed by atoms with van der Waals surface area (Å²) >= 11 is 0. The Hall–Kier alpha value is -2.16. The van der Waals surface area contributed by atoms with Gasteiger partial charge in [0.15, 0.2) is 12.4 Å². The quantitative estimate of drug-likeness (QED) is 0.842. The van der Waals surface area contributed by atoms with Gasteiger partial charge in [-0.1, -0.05) is 31.0 Å². The predicted octanol–water partition coefficient (Wildman–Crippen LogP) is 3.49. The lowest BCUT2D eigenvalue weighted by Crippen LogP contribution is -2.39. The molecule has 1 aromatic carbocycles. The number of nitrogens with one attached hydrogen (secondary N) is 1. The Morgan fingerprint density at radius 2 is 1.68 bits per heavy atom. The van der Waals surface area contributed by atoms with Crippen molar-refractivity contribution in [3.8, 4) is 0 Å². The first-order valence-electron chi connectivity index (χ1n) is 7.85. The normalized spacial score (nSPS) is 10.5. The molecular formula is C19H25N2O+.